The number of halogens is 1. The minimum absolute atomic E-state index is 0.266. The van der Waals surface area contributed by atoms with Crippen LogP contribution in [0.2, 0.25) is 0 Å². The van der Waals surface area contributed by atoms with Crippen molar-refractivity contribution >= 4 is 34.2 Å². The maximum absolute atomic E-state index is 13.1. The SMILES string of the molecule is CCc1ccc2[nH]c3nc(NN=Cc4cccc(F)c4)nnc3c2c1. The number of rotatable bonds is 4. The lowest BCUT2D eigenvalue weighted by Gasteiger charge is -1.98. The number of H-pyrrole nitrogens is 1. The number of anilines is 1. The molecule has 0 radical (unpaired) electrons. The second-order valence-corrected chi connectivity index (χ2v) is 5.62. The Morgan fingerprint density at radius 3 is 2.96 bits per heavy atom. The standard InChI is InChI=1S/C18H15FN6/c1-2-11-6-7-15-14(9-11)16-17(21-15)22-18(25-23-16)24-20-10-12-4-3-5-13(19)8-12/h3-10H,2H2,1H3,(H2,21,22,24,25). The summed E-state index contributed by atoms with van der Waals surface area (Å²) in [6.45, 7) is 2.11. The Morgan fingerprint density at radius 1 is 1.20 bits per heavy atom. The quantitative estimate of drug-likeness (QED) is 0.441. The largest absolute Gasteiger partial charge is 0.338 e. The van der Waals surface area contributed by atoms with Crippen LogP contribution in [0.5, 0.6) is 0 Å². The van der Waals surface area contributed by atoms with E-state index in [0.717, 1.165) is 22.8 Å². The highest BCUT2D eigenvalue weighted by molar-refractivity contribution is 6.03. The number of hydrogen-bond acceptors (Lipinski definition) is 5. The number of aromatic nitrogens is 4. The Bertz CT molecular complexity index is 1090. The van der Waals surface area contributed by atoms with E-state index in [9.17, 15) is 4.39 Å². The number of hydrazone groups is 1. The molecule has 124 valence electrons. The molecule has 0 saturated carbocycles. The predicted octanol–water partition coefficient (Wildman–Crippen LogP) is 3.65. The highest BCUT2D eigenvalue weighted by atomic mass is 19.1. The molecule has 0 amide bonds. The fourth-order valence-electron chi connectivity index (χ4n) is 2.64. The van der Waals surface area contributed by atoms with Crippen LogP contribution in [-0.4, -0.2) is 26.4 Å². The molecule has 0 aliphatic heterocycles. The van der Waals surface area contributed by atoms with Gasteiger partial charge in [0, 0.05) is 10.9 Å². The maximum Gasteiger partial charge on any atom is 0.265 e. The number of fused-ring (bicyclic) bond motifs is 3. The van der Waals surface area contributed by atoms with Gasteiger partial charge in [0.2, 0.25) is 0 Å². The molecular formula is C18H15FN6. The van der Waals surface area contributed by atoms with E-state index in [1.165, 1.54) is 23.9 Å². The van der Waals surface area contributed by atoms with Crippen molar-refractivity contribution in [2.45, 2.75) is 13.3 Å². The van der Waals surface area contributed by atoms with E-state index in [1.807, 2.05) is 6.07 Å². The number of benzene rings is 2. The summed E-state index contributed by atoms with van der Waals surface area (Å²) in [6, 6.07) is 12.3. The topological polar surface area (TPSA) is 78.9 Å². The predicted molar refractivity (Wildman–Crippen MR) is 96.2 cm³/mol. The molecule has 0 fully saturated rings. The molecule has 4 rings (SSSR count). The molecule has 2 N–H and O–H groups in total. The Kier molecular flexibility index (Phi) is 3.81. The van der Waals surface area contributed by atoms with Gasteiger partial charge in [-0.05, 0) is 41.8 Å². The van der Waals surface area contributed by atoms with Gasteiger partial charge in [0.05, 0.1) is 6.21 Å². The van der Waals surface area contributed by atoms with E-state index in [2.05, 4.69) is 49.7 Å². The van der Waals surface area contributed by atoms with Gasteiger partial charge >= 0.3 is 0 Å². The van der Waals surface area contributed by atoms with Crippen LogP contribution in [0.3, 0.4) is 0 Å². The van der Waals surface area contributed by atoms with Crippen molar-refractivity contribution in [1.82, 2.24) is 20.2 Å². The smallest absolute Gasteiger partial charge is 0.265 e. The van der Waals surface area contributed by atoms with Crippen molar-refractivity contribution < 1.29 is 4.39 Å². The lowest BCUT2D eigenvalue weighted by molar-refractivity contribution is 0.627. The van der Waals surface area contributed by atoms with Crippen LogP contribution in [0.4, 0.5) is 10.3 Å². The zero-order chi connectivity index (χ0) is 17.2. The van der Waals surface area contributed by atoms with Gasteiger partial charge in [-0.15, -0.1) is 10.2 Å². The summed E-state index contributed by atoms with van der Waals surface area (Å²) in [5.41, 5.74) is 6.92. The van der Waals surface area contributed by atoms with Gasteiger partial charge in [-0.2, -0.15) is 10.1 Å². The monoisotopic (exact) mass is 334 g/mol. The van der Waals surface area contributed by atoms with E-state index in [0.29, 0.717) is 11.2 Å². The summed E-state index contributed by atoms with van der Waals surface area (Å²) in [6.07, 6.45) is 2.45. The van der Waals surface area contributed by atoms with Crippen molar-refractivity contribution in [3.05, 3.63) is 59.4 Å². The van der Waals surface area contributed by atoms with Gasteiger partial charge in [0.15, 0.2) is 5.65 Å². The number of aromatic amines is 1. The summed E-state index contributed by atoms with van der Waals surface area (Å²) in [5.74, 6) is -0.0461. The summed E-state index contributed by atoms with van der Waals surface area (Å²) in [4.78, 5) is 7.62. The summed E-state index contributed by atoms with van der Waals surface area (Å²) < 4.78 is 13.1. The van der Waals surface area contributed by atoms with Crippen LogP contribution in [0.25, 0.3) is 22.1 Å². The van der Waals surface area contributed by atoms with Gasteiger partial charge in [0.1, 0.15) is 11.3 Å². The summed E-state index contributed by atoms with van der Waals surface area (Å²) in [5, 5.41) is 13.3. The first-order chi connectivity index (χ1) is 12.2. The van der Waals surface area contributed by atoms with Gasteiger partial charge < -0.3 is 4.98 Å². The first-order valence-electron chi connectivity index (χ1n) is 7.92. The molecule has 4 aromatic rings. The normalized spacial score (nSPS) is 11.6. The second kappa shape index (κ2) is 6.27. The molecule has 2 heterocycles. The molecule has 0 aliphatic carbocycles. The van der Waals surface area contributed by atoms with Gasteiger partial charge in [-0.3, -0.25) is 0 Å². The lowest BCUT2D eigenvalue weighted by atomic mass is 10.1. The fraction of sp³-hybridized carbons (Fsp3) is 0.111. The molecule has 0 unspecified atom stereocenters. The Balaban J connectivity index is 1.61. The highest BCUT2D eigenvalue weighted by Gasteiger charge is 2.09. The summed E-state index contributed by atoms with van der Waals surface area (Å²) >= 11 is 0. The minimum Gasteiger partial charge on any atom is -0.338 e. The van der Waals surface area contributed by atoms with Gasteiger partial charge in [0.25, 0.3) is 5.95 Å². The van der Waals surface area contributed by atoms with Crippen LogP contribution >= 0.6 is 0 Å². The molecule has 0 bridgehead atoms. The van der Waals surface area contributed by atoms with Crippen LogP contribution < -0.4 is 5.43 Å². The van der Waals surface area contributed by atoms with Crippen molar-refractivity contribution in [3.8, 4) is 0 Å². The molecule has 0 saturated heterocycles. The molecule has 2 aromatic heterocycles. The molecule has 0 spiro atoms. The first-order valence-corrected chi connectivity index (χ1v) is 7.92. The summed E-state index contributed by atoms with van der Waals surface area (Å²) in [7, 11) is 0. The third-order valence-corrected chi connectivity index (χ3v) is 3.91. The molecule has 0 atom stereocenters. The zero-order valence-electron chi connectivity index (χ0n) is 13.5. The highest BCUT2D eigenvalue weighted by Crippen LogP contribution is 2.23. The van der Waals surface area contributed by atoms with E-state index < -0.39 is 0 Å². The Morgan fingerprint density at radius 2 is 2.12 bits per heavy atom. The van der Waals surface area contributed by atoms with Gasteiger partial charge in [-0.1, -0.05) is 25.1 Å². The van der Waals surface area contributed by atoms with Crippen LogP contribution in [0.1, 0.15) is 18.1 Å². The Labute approximate surface area is 142 Å². The average Bonchev–Trinajstić information content (AvgIpc) is 2.98. The molecule has 25 heavy (non-hydrogen) atoms. The van der Waals surface area contributed by atoms with Gasteiger partial charge in [-0.25, -0.2) is 9.82 Å². The lowest BCUT2D eigenvalue weighted by Crippen LogP contribution is -1.99. The van der Waals surface area contributed by atoms with Crippen LogP contribution in [0.15, 0.2) is 47.6 Å². The first kappa shape index (κ1) is 15.2. The number of hydrogen-bond donors (Lipinski definition) is 2. The van der Waals surface area contributed by atoms with E-state index >= 15 is 0 Å². The molecule has 6 nitrogen and oxygen atoms in total. The number of nitrogens with zero attached hydrogens (tertiary/aromatic N) is 4. The molecule has 2 aromatic carbocycles. The molecule has 0 aliphatic rings. The minimum atomic E-state index is -0.312. The van der Waals surface area contributed by atoms with Crippen molar-refractivity contribution in [1.29, 1.82) is 0 Å². The van der Waals surface area contributed by atoms with Crippen LogP contribution in [0, 0.1) is 5.82 Å². The third-order valence-electron chi connectivity index (χ3n) is 3.91. The fourth-order valence-corrected chi connectivity index (χ4v) is 2.64. The van der Waals surface area contributed by atoms with Crippen molar-refractivity contribution in [2.24, 2.45) is 5.10 Å². The second-order valence-electron chi connectivity index (χ2n) is 5.62. The van der Waals surface area contributed by atoms with Crippen molar-refractivity contribution in [3.63, 3.8) is 0 Å². The van der Waals surface area contributed by atoms with E-state index in [-0.39, 0.29) is 11.8 Å². The maximum atomic E-state index is 13.1. The Hall–Kier alpha value is -3.35. The third kappa shape index (κ3) is 3.03. The van der Waals surface area contributed by atoms with E-state index in [4.69, 9.17) is 0 Å². The zero-order valence-corrected chi connectivity index (χ0v) is 13.5. The average molecular weight is 334 g/mol. The number of nitrogens with one attached hydrogen (secondary N) is 2. The van der Waals surface area contributed by atoms with Crippen molar-refractivity contribution in [2.75, 3.05) is 5.43 Å². The molecular weight excluding hydrogens is 319 g/mol. The number of aryl methyl sites for hydroxylation is 1. The molecule has 7 heteroatoms. The van der Waals surface area contributed by atoms with Crippen LogP contribution in [-0.2, 0) is 6.42 Å². The van der Waals surface area contributed by atoms with E-state index in [1.54, 1.807) is 12.1 Å².